The third kappa shape index (κ3) is 6.09. The first kappa shape index (κ1) is 22.1. The minimum atomic E-state index is -4.62. The van der Waals surface area contributed by atoms with Gasteiger partial charge in [0.15, 0.2) is 0 Å². The van der Waals surface area contributed by atoms with Gasteiger partial charge in [0, 0.05) is 32.5 Å². The van der Waals surface area contributed by atoms with Crippen LogP contribution in [0.3, 0.4) is 0 Å². The standard InChI is InChI=1S/C8H6BrF3N2O3.C6H6BrNO/c1-4-5(9)2-6(14(16)17)7(15)13(4)3-8(10,11)12;1-4-5(7)2-3-6(9)8-4/h2H,3H2,1H3;2-3H,1H3,(H,8,9). The van der Waals surface area contributed by atoms with Crippen molar-refractivity contribution in [2.75, 3.05) is 0 Å². The Morgan fingerprint density at radius 1 is 1.19 bits per heavy atom. The van der Waals surface area contributed by atoms with Crippen molar-refractivity contribution in [1.29, 1.82) is 0 Å². The average molecular weight is 503 g/mol. The first-order chi connectivity index (χ1) is 11.8. The Morgan fingerprint density at radius 2 is 1.77 bits per heavy atom. The molecule has 0 aliphatic heterocycles. The highest BCUT2D eigenvalue weighted by Crippen LogP contribution is 2.23. The van der Waals surface area contributed by atoms with Gasteiger partial charge in [-0.25, -0.2) is 0 Å². The van der Waals surface area contributed by atoms with Gasteiger partial charge in [-0.15, -0.1) is 0 Å². The third-order valence-electron chi connectivity index (χ3n) is 3.06. The Hall–Kier alpha value is -1.95. The van der Waals surface area contributed by atoms with Gasteiger partial charge in [-0.05, 0) is 51.8 Å². The number of hydrogen-bond acceptors (Lipinski definition) is 4. The molecule has 7 nitrogen and oxygen atoms in total. The van der Waals surface area contributed by atoms with Gasteiger partial charge >= 0.3 is 17.4 Å². The fourth-order valence-electron chi connectivity index (χ4n) is 1.77. The van der Waals surface area contributed by atoms with Crippen LogP contribution in [0, 0.1) is 24.0 Å². The van der Waals surface area contributed by atoms with E-state index in [1.807, 2.05) is 6.92 Å². The van der Waals surface area contributed by atoms with E-state index in [1.165, 1.54) is 13.0 Å². The molecular formula is C14H12Br2F3N3O4. The number of H-pyrrole nitrogens is 1. The average Bonchev–Trinajstić information content (AvgIpc) is 2.51. The van der Waals surface area contributed by atoms with Gasteiger partial charge in [0.2, 0.25) is 5.56 Å². The molecule has 0 spiro atoms. The first-order valence-corrected chi connectivity index (χ1v) is 8.38. The monoisotopic (exact) mass is 501 g/mol. The Balaban J connectivity index is 0.000000314. The van der Waals surface area contributed by atoms with Crippen molar-refractivity contribution in [1.82, 2.24) is 9.55 Å². The number of nitrogens with zero attached hydrogens (tertiary/aromatic N) is 2. The van der Waals surface area contributed by atoms with Crippen molar-refractivity contribution in [2.24, 2.45) is 0 Å². The number of rotatable bonds is 2. The highest BCUT2D eigenvalue weighted by Gasteiger charge is 2.31. The fraction of sp³-hybridized carbons (Fsp3) is 0.286. The van der Waals surface area contributed by atoms with E-state index in [0.717, 1.165) is 16.2 Å². The summed E-state index contributed by atoms with van der Waals surface area (Å²) in [6.45, 7) is 1.55. The predicted octanol–water partition coefficient (Wildman–Crippen LogP) is 3.84. The van der Waals surface area contributed by atoms with Crippen LogP contribution in [0.15, 0.2) is 36.7 Å². The van der Waals surface area contributed by atoms with Crippen molar-refractivity contribution in [2.45, 2.75) is 26.6 Å². The fourth-order valence-corrected chi connectivity index (χ4v) is 2.43. The van der Waals surface area contributed by atoms with E-state index < -0.39 is 28.9 Å². The summed E-state index contributed by atoms with van der Waals surface area (Å²) in [4.78, 5) is 34.1. The van der Waals surface area contributed by atoms with Crippen molar-refractivity contribution < 1.29 is 18.1 Å². The predicted molar refractivity (Wildman–Crippen MR) is 95.3 cm³/mol. The van der Waals surface area contributed by atoms with Crippen LogP contribution in [0.5, 0.6) is 0 Å². The highest BCUT2D eigenvalue weighted by molar-refractivity contribution is 9.10. The van der Waals surface area contributed by atoms with E-state index in [4.69, 9.17) is 0 Å². The molecule has 2 aromatic heterocycles. The van der Waals surface area contributed by atoms with Crippen molar-refractivity contribution >= 4 is 37.5 Å². The van der Waals surface area contributed by atoms with Gasteiger partial charge in [-0.2, -0.15) is 13.2 Å². The van der Waals surface area contributed by atoms with E-state index in [1.54, 1.807) is 6.07 Å². The van der Waals surface area contributed by atoms with Gasteiger partial charge < -0.3 is 4.98 Å². The van der Waals surface area contributed by atoms with Crippen LogP contribution in [0.1, 0.15) is 11.4 Å². The number of nitro groups is 1. The number of aromatic nitrogens is 2. The van der Waals surface area contributed by atoms with Crippen molar-refractivity contribution in [3.05, 3.63) is 69.4 Å². The molecule has 0 aliphatic carbocycles. The van der Waals surface area contributed by atoms with E-state index in [-0.39, 0.29) is 15.7 Å². The molecule has 2 heterocycles. The zero-order valence-electron chi connectivity index (χ0n) is 13.4. The summed E-state index contributed by atoms with van der Waals surface area (Å²) < 4.78 is 38.0. The Morgan fingerprint density at radius 3 is 2.19 bits per heavy atom. The second-order valence-electron chi connectivity index (χ2n) is 5.02. The molecule has 26 heavy (non-hydrogen) atoms. The number of halogens is 5. The molecule has 0 fully saturated rings. The second-order valence-corrected chi connectivity index (χ2v) is 6.73. The Bertz CT molecular complexity index is 939. The smallest absolute Gasteiger partial charge is 0.325 e. The van der Waals surface area contributed by atoms with Gasteiger partial charge in [-0.3, -0.25) is 24.3 Å². The molecule has 0 saturated carbocycles. The molecule has 0 amide bonds. The summed E-state index contributed by atoms with van der Waals surface area (Å²) in [7, 11) is 0. The normalized spacial score (nSPS) is 10.9. The van der Waals surface area contributed by atoms with Crippen LogP contribution in [-0.2, 0) is 6.54 Å². The number of pyridine rings is 2. The quantitative estimate of drug-likeness (QED) is 0.498. The summed E-state index contributed by atoms with van der Waals surface area (Å²) in [6.07, 6.45) is -4.62. The molecule has 2 rings (SSSR count). The maximum absolute atomic E-state index is 12.2. The number of aryl methyl sites for hydroxylation is 1. The van der Waals surface area contributed by atoms with Crippen LogP contribution in [0.25, 0.3) is 0 Å². The maximum atomic E-state index is 12.2. The van der Waals surface area contributed by atoms with Crippen LogP contribution in [0.2, 0.25) is 0 Å². The minimum absolute atomic E-state index is 0.0158. The van der Waals surface area contributed by atoms with E-state index >= 15 is 0 Å². The zero-order valence-corrected chi connectivity index (χ0v) is 16.5. The van der Waals surface area contributed by atoms with E-state index in [9.17, 15) is 32.9 Å². The molecule has 1 N–H and O–H groups in total. The van der Waals surface area contributed by atoms with Crippen LogP contribution < -0.4 is 11.1 Å². The summed E-state index contributed by atoms with van der Waals surface area (Å²) in [5.74, 6) is 0. The van der Waals surface area contributed by atoms with Gasteiger partial charge in [0.05, 0.1) is 4.92 Å². The SMILES string of the molecule is Cc1[nH]c(=O)ccc1Br.Cc1c(Br)cc([N+](=O)[O-])c(=O)n1CC(F)(F)F. The lowest BCUT2D eigenvalue weighted by atomic mass is 10.3. The second kappa shape index (κ2) is 8.62. The van der Waals surface area contributed by atoms with Crippen molar-refractivity contribution in [3.8, 4) is 0 Å². The van der Waals surface area contributed by atoms with E-state index in [2.05, 4.69) is 36.8 Å². The first-order valence-electron chi connectivity index (χ1n) is 6.80. The molecular weight excluding hydrogens is 491 g/mol. The zero-order chi connectivity index (χ0) is 20.2. The molecule has 142 valence electrons. The molecule has 0 aromatic carbocycles. The summed E-state index contributed by atoms with van der Waals surface area (Å²) in [6, 6.07) is 4.11. The lowest BCUT2D eigenvalue weighted by molar-refractivity contribution is -0.386. The topological polar surface area (TPSA) is 98.0 Å². The maximum Gasteiger partial charge on any atom is 0.406 e. The molecule has 0 atom stereocenters. The number of hydrogen-bond donors (Lipinski definition) is 1. The molecule has 0 saturated heterocycles. The molecule has 0 bridgehead atoms. The highest BCUT2D eigenvalue weighted by atomic mass is 79.9. The van der Waals surface area contributed by atoms with Crippen LogP contribution in [0.4, 0.5) is 18.9 Å². The molecule has 2 aromatic rings. The van der Waals surface area contributed by atoms with Gasteiger partial charge in [0.25, 0.3) is 0 Å². The lowest BCUT2D eigenvalue weighted by Gasteiger charge is -2.13. The number of aromatic amines is 1. The molecule has 0 unspecified atom stereocenters. The summed E-state index contributed by atoms with van der Waals surface area (Å²) in [5.41, 5.74) is -1.38. The Kier molecular flexibility index (Phi) is 7.33. The van der Waals surface area contributed by atoms with Gasteiger partial charge in [-0.1, -0.05) is 0 Å². The Labute approximate surface area is 161 Å². The van der Waals surface area contributed by atoms with Crippen LogP contribution >= 0.6 is 31.9 Å². The van der Waals surface area contributed by atoms with Gasteiger partial charge in [0.1, 0.15) is 6.54 Å². The minimum Gasteiger partial charge on any atom is -0.325 e. The third-order valence-corrected chi connectivity index (χ3v) is 4.72. The lowest BCUT2D eigenvalue weighted by Crippen LogP contribution is -2.31. The van der Waals surface area contributed by atoms with E-state index in [0.29, 0.717) is 4.57 Å². The number of alkyl halides is 3. The van der Waals surface area contributed by atoms with Crippen LogP contribution in [-0.4, -0.2) is 20.7 Å². The summed E-state index contributed by atoms with van der Waals surface area (Å²) in [5, 5.41) is 10.5. The summed E-state index contributed by atoms with van der Waals surface area (Å²) >= 11 is 6.13. The molecule has 0 radical (unpaired) electrons. The molecule has 12 heteroatoms. The largest absolute Gasteiger partial charge is 0.406 e. The van der Waals surface area contributed by atoms with Crippen molar-refractivity contribution in [3.63, 3.8) is 0 Å². The molecule has 0 aliphatic rings. The number of nitrogens with one attached hydrogen (secondary N) is 1.